The zero-order valence-electron chi connectivity index (χ0n) is 10.7. The van der Waals surface area contributed by atoms with Crippen molar-refractivity contribution in [3.05, 3.63) is 0 Å². The number of alkyl halides is 3. The maximum atomic E-state index is 13.0. The molecule has 0 spiro atoms. The lowest BCUT2D eigenvalue weighted by Gasteiger charge is -2.35. The summed E-state index contributed by atoms with van der Waals surface area (Å²) in [5, 5.41) is 0. The number of halogens is 3. The highest BCUT2D eigenvalue weighted by molar-refractivity contribution is 5.78. The molecule has 8 heteroatoms. The Morgan fingerprint density at radius 2 is 1.84 bits per heavy atom. The smallest absolute Gasteiger partial charge is 0.379 e. The van der Waals surface area contributed by atoms with E-state index in [0.717, 1.165) is 19.5 Å². The van der Waals surface area contributed by atoms with Crippen LogP contribution < -0.4 is 5.73 Å². The van der Waals surface area contributed by atoms with Crippen molar-refractivity contribution >= 4 is 5.96 Å². The SMILES string of the molecule is NC(=NCC(N1CCOCC1)C(F)(F)F)N1CCC1. The highest BCUT2D eigenvalue weighted by Gasteiger charge is 2.43. The first kappa shape index (κ1) is 14.4. The number of rotatable bonds is 3. The molecule has 2 saturated heterocycles. The number of hydrogen-bond donors (Lipinski definition) is 1. The Labute approximate surface area is 110 Å². The van der Waals surface area contributed by atoms with E-state index in [0.29, 0.717) is 13.2 Å². The van der Waals surface area contributed by atoms with Crippen molar-refractivity contribution in [3.8, 4) is 0 Å². The average molecular weight is 280 g/mol. The van der Waals surface area contributed by atoms with E-state index in [2.05, 4.69) is 4.99 Å². The molecule has 2 aliphatic rings. The normalized spacial score (nSPS) is 24.2. The van der Waals surface area contributed by atoms with Crippen molar-refractivity contribution in [3.63, 3.8) is 0 Å². The van der Waals surface area contributed by atoms with Crippen LogP contribution in [0, 0.1) is 0 Å². The Morgan fingerprint density at radius 1 is 1.21 bits per heavy atom. The van der Waals surface area contributed by atoms with Crippen molar-refractivity contribution in [1.82, 2.24) is 9.80 Å². The van der Waals surface area contributed by atoms with Crippen molar-refractivity contribution in [2.75, 3.05) is 45.9 Å². The predicted molar refractivity (Wildman–Crippen MR) is 64.9 cm³/mol. The van der Waals surface area contributed by atoms with E-state index in [1.807, 2.05) is 0 Å². The van der Waals surface area contributed by atoms with Crippen LogP contribution in [0.3, 0.4) is 0 Å². The first-order valence-corrected chi connectivity index (χ1v) is 6.42. The van der Waals surface area contributed by atoms with Gasteiger partial charge in [-0.15, -0.1) is 0 Å². The van der Waals surface area contributed by atoms with E-state index in [9.17, 15) is 13.2 Å². The number of ether oxygens (including phenoxy) is 1. The van der Waals surface area contributed by atoms with Crippen molar-refractivity contribution < 1.29 is 17.9 Å². The van der Waals surface area contributed by atoms with Crippen LogP contribution in [0.4, 0.5) is 13.2 Å². The summed E-state index contributed by atoms with van der Waals surface area (Å²) >= 11 is 0. The fourth-order valence-corrected chi connectivity index (χ4v) is 2.14. The molecule has 1 atom stereocenters. The molecular formula is C11H19F3N4O. The maximum absolute atomic E-state index is 13.0. The third-order valence-corrected chi connectivity index (χ3v) is 3.47. The Morgan fingerprint density at radius 3 is 2.32 bits per heavy atom. The molecule has 1 unspecified atom stereocenters. The molecule has 2 N–H and O–H groups in total. The molecule has 19 heavy (non-hydrogen) atoms. The molecule has 0 saturated carbocycles. The fourth-order valence-electron chi connectivity index (χ4n) is 2.14. The topological polar surface area (TPSA) is 54.1 Å². The van der Waals surface area contributed by atoms with Gasteiger partial charge in [-0.2, -0.15) is 13.2 Å². The first-order chi connectivity index (χ1) is 8.98. The highest BCUT2D eigenvalue weighted by Crippen LogP contribution is 2.26. The standard InChI is InChI=1S/C11H19F3N4O/c12-11(13,14)9(17-4-6-19-7-5-17)8-16-10(15)18-2-1-3-18/h9H,1-8H2,(H2,15,16). The van der Waals surface area contributed by atoms with E-state index in [1.165, 1.54) is 4.90 Å². The van der Waals surface area contributed by atoms with E-state index in [-0.39, 0.29) is 25.6 Å². The lowest BCUT2D eigenvalue weighted by Crippen LogP contribution is -2.53. The number of likely N-dealkylation sites (tertiary alicyclic amines) is 1. The number of morpholine rings is 1. The van der Waals surface area contributed by atoms with Gasteiger partial charge in [0.25, 0.3) is 0 Å². The van der Waals surface area contributed by atoms with Crippen LogP contribution >= 0.6 is 0 Å². The first-order valence-electron chi connectivity index (χ1n) is 6.42. The van der Waals surface area contributed by atoms with E-state index in [1.54, 1.807) is 4.90 Å². The molecule has 110 valence electrons. The third-order valence-electron chi connectivity index (χ3n) is 3.47. The van der Waals surface area contributed by atoms with Gasteiger partial charge in [0.2, 0.25) is 0 Å². The van der Waals surface area contributed by atoms with Gasteiger partial charge in [0, 0.05) is 26.2 Å². The van der Waals surface area contributed by atoms with Gasteiger partial charge in [0.05, 0.1) is 19.8 Å². The summed E-state index contributed by atoms with van der Waals surface area (Å²) in [7, 11) is 0. The van der Waals surface area contributed by atoms with Crippen LogP contribution in [0.2, 0.25) is 0 Å². The van der Waals surface area contributed by atoms with Crippen LogP contribution in [-0.2, 0) is 4.74 Å². The molecule has 5 nitrogen and oxygen atoms in total. The second kappa shape index (κ2) is 5.96. The van der Waals surface area contributed by atoms with Crippen LogP contribution in [0.1, 0.15) is 6.42 Å². The number of nitrogens with zero attached hydrogens (tertiary/aromatic N) is 3. The highest BCUT2D eigenvalue weighted by atomic mass is 19.4. The summed E-state index contributed by atoms with van der Waals surface area (Å²) in [6.45, 7) is 2.45. The van der Waals surface area contributed by atoms with Crippen LogP contribution in [0.5, 0.6) is 0 Å². The fraction of sp³-hybridized carbons (Fsp3) is 0.909. The van der Waals surface area contributed by atoms with Crippen LogP contribution in [-0.4, -0.2) is 73.9 Å². The lowest BCUT2D eigenvalue weighted by atomic mass is 10.2. The Balaban J connectivity index is 1.97. The average Bonchev–Trinajstić information content (AvgIpc) is 2.26. The molecule has 0 aliphatic carbocycles. The minimum Gasteiger partial charge on any atom is -0.379 e. The minimum absolute atomic E-state index is 0.216. The number of nitrogens with two attached hydrogens (primary N) is 1. The van der Waals surface area contributed by atoms with Crippen LogP contribution in [0.15, 0.2) is 4.99 Å². The predicted octanol–water partition coefficient (Wildman–Crippen LogP) is 0.270. The summed E-state index contributed by atoms with van der Waals surface area (Å²) in [4.78, 5) is 7.06. The quantitative estimate of drug-likeness (QED) is 0.595. The summed E-state index contributed by atoms with van der Waals surface area (Å²) in [5.41, 5.74) is 5.67. The molecule has 2 aliphatic heterocycles. The zero-order chi connectivity index (χ0) is 13.9. The molecule has 2 fully saturated rings. The summed E-state index contributed by atoms with van der Waals surface area (Å²) in [5.74, 6) is 0.216. The number of aliphatic imine (C=N–C) groups is 1. The van der Waals surface area contributed by atoms with Crippen molar-refractivity contribution in [2.24, 2.45) is 10.7 Å². The van der Waals surface area contributed by atoms with Gasteiger partial charge in [-0.25, -0.2) is 0 Å². The zero-order valence-corrected chi connectivity index (χ0v) is 10.7. The minimum atomic E-state index is -4.30. The van der Waals surface area contributed by atoms with Crippen LogP contribution in [0.25, 0.3) is 0 Å². The van der Waals surface area contributed by atoms with E-state index in [4.69, 9.17) is 10.5 Å². The lowest BCUT2D eigenvalue weighted by molar-refractivity contribution is -0.188. The maximum Gasteiger partial charge on any atom is 0.405 e. The molecule has 0 radical (unpaired) electrons. The summed E-state index contributed by atoms with van der Waals surface area (Å²) in [6.07, 6.45) is -3.28. The molecule has 0 bridgehead atoms. The molecule has 0 aromatic heterocycles. The van der Waals surface area contributed by atoms with Gasteiger partial charge in [-0.1, -0.05) is 0 Å². The van der Waals surface area contributed by atoms with Gasteiger partial charge in [0.1, 0.15) is 6.04 Å². The van der Waals surface area contributed by atoms with Gasteiger partial charge < -0.3 is 15.4 Å². The summed E-state index contributed by atoms with van der Waals surface area (Å²) in [6, 6.07) is -1.57. The van der Waals surface area contributed by atoms with Gasteiger partial charge in [0.15, 0.2) is 5.96 Å². The number of hydrogen-bond acceptors (Lipinski definition) is 3. The monoisotopic (exact) mass is 280 g/mol. The Hall–Kier alpha value is -1.02. The second-order valence-electron chi connectivity index (χ2n) is 4.75. The molecular weight excluding hydrogens is 261 g/mol. The molecule has 0 aromatic rings. The summed E-state index contributed by atoms with van der Waals surface area (Å²) < 4.78 is 44.2. The van der Waals surface area contributed by atoms with Crippen molar-refractivity contribution in [2.45, 2.75) is 18.6 Å². The third kappa shape index (κ3) is 3.73. The molecule has 2 rings (SSSR count). The largest absolute Gasteiger partial charge is 0.405 e. The second-order valence-corrected chi connectivity index (χ2v) is 4.75. The Kier molecular flexibility index (Phi) is 4.51. The Bertz CT molecular complexity index is 324. The van der Waals surface area contributed by atoms with Gasteiger partial charge in [-0.3, -0.25) is 9.89 Å². The van der Waals surface area contributed by atoms with E-state index >= 15 is 0 Å². The van der Waals surface area contributed by atoms with Crippen molar-refractivity contribution in [1.29, 1.82) is 0 Å². The van der Waals surface area contributed by atoms with E-state index < -0.39 is 12.2 Å². The molecule has 2 heterocycles. The van der Waals surface area contributed by atoms with Gasteiger partial charge in [-0.05, 0) is 6.42 Å². The molecule has 0 amide bonds. The molecule has 0 aromatic carbocycles. The number of guanidine groups is 1. The van der Waals surface area contributed by atoms with Gasteiger partial charge >= 0.3 is 6.18 Å².